The van der Waals surface area contributed by atoms with Gasteiger partial charge in [-0.25, -0.2) is 0 Å². The van der Waals surface area contributed by atoms with E-state index >= 15 is 0 Å². The Labute approximate surface area is 162 Å². The second kappa shape index (κ2) is 17.5. The summed E-state index contributed by atoms with van der Waals surface area (Å²) >= 11 is 0. The monoisotopic (exact) mass is 369 g/mol. The number of aliphatic hydroxyl groups excluding tert-OH is 1. The number of carbonyl (C=O) groups excluding carboxylic acids is 1. The highest BCUT2D eigenvalue weighted by atomic mass is 16.6. The molecule has 0 aromatic heterocycles. The average molecular weight is 370 g/mol. The molecule has 0 aromatic rings. The maximum Gasteiger partial charge on any atom is 0.325 e. The van der Waals surface area contributed by atoms with Crippen LogP contribution in [0.4, 0.5) is 0 Å². The lowest BCUT2D eigenvalue weighted by molar-refractivity contribution is -0.170. The van der Waals surface area contributed by atoms with Crippen molar-refractivity contribution in [3.05, 3.63) is 12.2 Å². The number of esters is 1. The first-order valence-corrected chi connectivity index (χ1v) is 10.7. The van der Waals surface area contributed by atoms with Gasteiger partial charge in [-0.3, -0.25) is 9.69 Å². The zero-order valence-electron chi connectivity index (χ0n) is 17.7. The Hall–Kier alpha value is -0.870. The van der Waals surface area contributed by atoms with Gasteiger partial charge in [-0.05, 0) is 53.1 Å². The summed E-state index contributed by atoms with van der Waals surface area (Å²) in [5.41, 5.74) is 0. The second-order valence-corrected chi connectivity index (χ2v) is 7.54. The molecule has 154 valence electrons. The van der Waals surface area contributed by atoms with Gasteiger partial charge in [0.1, 0.15) is 6.04 Å². The molecular weight excluding hydrogens is 326 g/mol. The van der Waals surface area contributed by atoms with E-state index in [1.807, 2.05) is 19.0 Å². The van der Waals surface area contributed by atoms with Crippen molar-refractivity contribution in [2.24, 2.45) is 0 Å². The minimum absolute atomic E-state index is 0.262. The molecule has 0 aliphatic rings. The molecule has 0 fully saturated rings. The third-order valence-electron chi connectivity index (χ3n) is 4.67. The van der Waals surface area contributed by atoms with Gasteiger partial charge < -0.3 is 9.84 Å². The zero-order chi connectivity index (χ0) is 19.6. The molecule has 0 aromatic carbocycles. The van der Waals surface area contributed by atoms with Gasteiger partial charge in [-0.1, -0.05) is 70.4 Å². The van der Waals surface area contributed by atoms with Gasteiger partial charge in [0.25, 0.3) is 0 Å². The van der Waals surface area contributed by atoms with Gasteiger partial charge in [0, 0.05) is 0 Å². The SMILES string of the molecule is CCCCCCCC/C=C\CCCCCCC(C(=O)OC(C)O)N(C)C. The van der Waals surface area contributed by atoms with Crippen LogP contribution < -0.4 is 0 Å². The number of hydrogen-bond donors (Lipinski definition) is 1. The van der Waals surface area contributed by atoms with Gasteiger partial charge in [-0.15, -0.1) is 0 Å². The summed E-state index contributed by atoms with van der Waals surface area (Å²) in [6.07, 6.45) is 19.6. The van der Waals surface area contributed by atoms with E-state index in [0.29, 0.717) is 0 Å². The minimum atomic E-state index is -1.03. The summed E-state index contributed by atoms with van der Waals surface area (Å²) in [6.45, 7) is 3.72. The predicted molar refractivity (Wildman–Crippen MR) is 110 cm³/mol. The highest BCUT2D eigenvalue weighted by molar-refractivity contribution is 5.75. The number of carbonyl (C=O) groups is 1. The van der Waals surface area contributed by atoms with E-state index in [2.05, 4.69) is 19.1 Å². The number of nitrogens with zero attached hydrogens (tertiary/aromatic N) is 1. The van der Waals surface area contributed by atoms with E-state index < -0.39 is 6.29 Å². The molecule has 0 heterocycles. The molecule has 26 heavy (non-hydrogen) atoms. The summed E-state index contributed by atoms with van der Waals surface area (Å²) < 4.78 is 4.91. The molecule has 1 N–H and O–H groups in total. The largest absolute Gasteiger partial charge is 0.435 e. The van der Waals surface area contributed by atoms with Crippen LogP contribution in [0, 0.1) is 0 Å². The van der Waals surface area contributed by atoms with Crippen LogP contribution in [0.25, 0.3) is 0 Å². The van der Waals surface area contributed by atoms with Crippen LogP contribution >= 0.6 is 0 Å². The van der Waals surface area contributed by atoms with Crippen LogP contribution in [0.5, 0.6) is 0 Å². The minimum Gasteiger partial charge on any atom is -0.435 e. The van der Waals surface area contributed by atoms with E-state index in [1.54, 1.807) is 0 Å². The Morgan fingerprint density at radius 1 is 0.923 bits per heavy atom. The third-order valence-corrected chi connectivity index (χ3v) is 4.67. The van der Waals surface area contributed by atoms with Crippen LogP contribution in [0.1, 0.15) is 97.3 Å². The highest BCUT2D eigenvalue weighted by Crippen LogP contribution is 2.13. The molecule has 2 atom stereocenters. The van der Waals surface area contributed by atoms with E-state index in [0.717, 1.165) is 25.7 Å². The fourth-order valence-electron chi connectivity index (χ4n) is 3.07. The Bertz CT molecular complexity index is 353. The molecule has 0 radical (unpaired) electrons. The number of aliphatic hydroxyl groups is 1. The van der Waals surface area contributed by atoms with Crippen molar-refractivity contribution in [3.8, 4) is 0 Å². The molecule has 2 unspecified atom stereocenters. The Kier molecular flexibility index (Phi) is 17.0. The Balaban J connectivity index is 3.58. The van der Waals surface area contributed by atoms with E-state index in [-0.39, 0.29) is 12.0 Å². The number of hydrogen-bond acceptors (Lipinski definition) is 4. The van der Waals surface area contributed by atoms with Crippen molar-refractivity contribution in [2.75, 3.05) is 14.1 Å². The van der Waals surface area contributed by atoms with Crippen LogP contribution in [0.3, 0.4) is 0 Å². The number of unbranched alkanes of at least 4 members (excludes halogenated alkanes) is 10. The van der Waals surface area contributed by atoms with Crippen molar-refractivity contribution in [1.82, 2.24) is 4.90 Å². The van der Waals surface area contributed by atoms with Crippen molar-refractivity contribution in [2.45, 2.75) is 110 Å². The predicted octanol–water partition coefficient (Wildman–Crippen LogP) is 5.45. The summed E-state index contributed by atoms with van der Waals surface area (Å²) in [5, 5.41) is 9.18. The van der Waals surface area contributed by atoms with Gasteiger partial charge in [0.2, 0.25) is 0 Å². The van der Waals surface area contributed by atoms with Crippen LogP contribution in [-0.4, -0.2) is 42.4 Å². The Morgan fingerprint density at radius 2 is 1.42 bits per heavy atom. The van der Waals surface area contributed by atoms with Crippen molar-refractivity contribution in [1.29, 1.82) is 0 Å². The molecule has 4 heteroatoms. The number of allylic oxidation sites excluding steroid dienone is 2. The zero-order valence-corrected chi connectivity index (χ0v) is 17.7. The molecule has 0 bridgehead atoms. The number of ether oxygens (including phenoxy) is 1. The lowest BCUT2D eigenvalue weighted by atomic mass is 10.1. The van der Waals surface area contributed by atoms with Gasteiger partial charge >= 0.3 is 5.97 Å². The highest BCUT2D eigenvalue weighted by Gasteiger charge is 2.22. The fraction of sp³-hybridized carbons (Fsp3) is 0.864. The van der Waals surface area contributed by atoms with Gasteiger partial charge in [0.15, 0.2) is 6.29 Å². The van der Waals surface area contributed by atoms with Crippen LogP contribution in [0.2, 0.25) is 0 Å². The van der Waals surface area contributed by atoms with Crippen molar-refractivity contribution < 1.29 is 14.6 Å². The van der Waals surface area contributed by atoms with Crippen LogP contribution in [-0.2, 0) is 9.53 Å². The fourth-order valence-corrected chi connectivity index (χ4v) is 3.07. The maximum atomic E-state index is 11.9. The van der Waals surface area contributed by atoms with Gasteiger partial charge in [-0.2, -0.15) is 0 Å². The molecule has 0 saturated heterocycles. The summed E-state index contributed by atoms with van der Waals surface area (Å²) in [5.74, 6) is -0.331. The molecule has 0 rings (SSSR count). The normalized spacial score (nSPS) is 14.1. The number of rotatable bonds is 17. The molecule has 0 amide bonds. The molecule has 0 aliphatic heterocycles. The topological polar surface area (TPSA) is 49.8 Å². The summed E-state index contributed by atoms with van der Waals surface area (Å²) in [7, 11) is 3.76. The lowest BCUT2D eigenvalue weighted by Gasteiger charge is -2.23. The van der Waals surface area contributed by atoms with E-state index in [1.165, 1.54) is 64.7 Å². The summed E-state index contributed by atoms with van der Waals surface area (Å²) in [6, 6.07) is -0.262. The quantitative estimate of drug-likeness (QED) is 0.160. The summed E-state index contributed by atoms with van der Waals surface area (Å²) in [4.78, 5) is 13.8. The Morgan fingerprint density at radius 3 is 1.92 bits per heavy atom. The van der Waals surface area contributed by atoms with Gasteiger partial charge in [0.05, 0.1) is 0 Å². The number of likely N-dealkylation sites (N-methyl/N-ethyl adjacent to an activating group) is 1. The molecule has 0 aliphatic carbocycles. The first kappa shape index (κ1) is 25.1. The lowest BCUT2D eigenvalue weighted by Crippen LogP contribution is -2.38. The molecule has 0 saturated carbocycles. The standard InChI is InChI=1S/C22H43NO3/c1-5-6-7-8-9-10-11-12-13-14-15-16-17-18-19-21(23(3)4)22(25)26-20(2)24/h12-13,20-21,24H,5-11,14-19H2,1-4H3/b13-12-. The molecular formula is C22H43NO3. The molecule has 4 nitrogen and oxygen atoms in total. The van der Waals surface area contributed by atoms with E-state index in [4.69, 9.17) is 4.74 Å². The van der Waals surface area contributed by atoms with Crippen molar-refractivity contribution >= 4 is 5.97 Å². The van der Waals surface area contributed by atoms with Crippen LogP contribution in [0.15, 0.2) is 12.2 Å². The smallest absolute Gasteiger partial charge is 0.325 e. The third kappa shape index (κ3) is 15.4. The molecule has 0 spiro atoms. The first-order chi connectivity index (χ1) is 12.5. The average Bonchev–Trinajstić information content (AvgIpc) is 2.57. The second-order valence-electron chi connectivity index (χ2n) is 7.54. The first-order valence-electron chi connectivity index (χ1n) is 10.7. The van der Waals surface area contributed by atoms with Crippen molar-refractivity contribution in [3.63, 3.8) is 0 Å². The maximum absolute atomic E-state index is 11.9. The van der Waals surface area contributed by atoms with E-state index in [9.17, 15) is 9.90 Å².